The molecule has 25 heavy (non-hydrogen) atoms. The third-order valence-electron chi connectivity index (χ3n) is 3.59. The van der Waals surface area contributed by atoms with Crippen LogP contribution in [0.1, 0.15) is 12.5 Å². The van der Waals surface area contributed by atoms with Gasteiger partial charge in [0.05, 0.1) is 22.3 Å². The van der Waals surface area contributed by atoms with Crippen molar-refractivity contribution in [1.82, 2.24) is 4.90 Å². The molecule has 2 rings (SSSR count). The highest BCUT2D eigenvalue weighted by Gasteiger charge is 2.15. The van der Waals surface area contributed by atoms with Gasteiger partial charge >= 0.3 is 0 Å². The summed E-state index contributed by atoms with van der Waals surface area (Å²) >= 11 is 11.9. The van der Waals surface area contributed by atoms with E-state index in [2.05, 4.69) is 5.32 Å². The van der Waals surface area contributed by atoms with Gasteiger partial charge in [-0.2, -0.15) is 0 Å². The van der Waals surface area contributed by atoms with Crippen molar-refractivity contribution in [2.45, 2.75) is 13.3 Å². The van der Waals surface area contributed by atoms with Gasteiger partial charge in [-0.1, -0.05) is 41.4 Å². The first-order valence-corrected chi connectivity index (χ1v) is 8.36. The highest BCUT2D eigenvalue weighted by molar-refractivity contribution is 6.44. The molecule has 1 N–H and O–H groups in total. The number of halogens is 3. The van der Waals surface area contributed by atoms with Gasteiger partial charge in [-0.05, 0) is 36.2 Å². The van der Waals surface area contributed by atoms with Gasteiger partial charge in [0.1, 0.15) is 5.82 Å². The second kappa shape index (κ2) is 8.83. The van der Waals surface area contributed by atoms with Gasteiger partial charge in [0.25, 0.3) is 0 Å². The SMILES string of the molecule is CC(=O)N(CCc1ccc(F)cc1)CC(=O)Nc1cccc(Cl)c1Cl. The molecule has 2 aromatic rings. The van der Waals surface area contributed by atoms with Gasteiger partial charge < -0.3 is 10.2 Å². The van der Waals surface area contributed by atoms with Gasteiger partial charge in [-0.25, -0.2) is 4.39 Å². The average Bonchev–Trinajstić information content (AvgIpc) is 2.57. The number of amides is 2. The maximum absolute atomic E-state index is 12.9. The van der Waals surface area contributed by atoms with Crippen molar-refractivity contribution in [2.24, 2.45) is 0 Å². The van der Waals surface area contributed by atoms with Crippen LogP contribution in [0, 0.1) is 5.82 Å². The molecule has 0 bridgehead atoms. The Morgan fingerprint density at radius 2 is 1.80 bits per heavy atom. The van der Waals surface area contributed by atoms with Crippen molar-refractivity contribution < 1.29 is 14.0 Å². The Labute approximate surface area is 155 Å². The number of hydrogen-bond donors (Lipinski definition) is 1. The lowest BCUT2D eigenvalue weighted by atomic mass is 10.1. The van der Waals surface area contributed by atoms with Crippen LogP contribution in [0.15, 0.2) is 42.5 Å². The number of rotatable bonds is 6. The summed E-state index contributed by atoms with van der Waals surface area (Å²) in [5.74, 6) is -0.919. The first-order chi connectivity index (χ1) is 11.9. The summed E-state index contributed by atoms with van der Waals surface area (Å²) in [6, 6.07) is 10.9. The van der Waals surface area contributed by atoms with Crippen molar-refractivity contribution in [3.05, 3.63) is 63.9 Å². The zero-order valence-corrected chi connectivity index (χ0v) is 15.1. The van der Waals surface area contributed by atoms with Crippen LogP contribution in [0.5, 0.6) is 0 Å². The fraction of sp³-hybridized carbons (Fsp3) is 0.222. The fourth-order valence-electron chi connectivity index (χ4n) is 2.23. The first kappa shape index (κ1) is 19.2. The van der Waals surface area contributed by atoms with Crippen LogP contribution in [0.4, 0.5) is 10.1 Å². The summed E-state index contributed by atoms with van der Waals surface area (Å²) in [7, 11) is 0. The largest absolute Gasteiger partial charge is 0.333 e. The molecule has 7 heteroatoms. The van der Waals surface area contributed by atoms with E-state index in [1.807, 2.05) is 0 Å². The number of nitrogens with zero attached hydrogens (tertiary/aromatic N) is 1. The third kappa shape index (κ3) is 5.73. The lowest BCUT2D eigenvalue weighted by Gasteiger charge is -2.21. The molecule has 0 fully saturated rings. The first-order valence-electron chi connectivity index (χ1n) is 7.60. The summed E-state index contributed by atoms with van der Waals surface area (Å²) in [4.78, 5) is 25.4. The van der Waals surface area contributed by atoms with E-state index in [9.17, 15) is 14.0 Å². The summed E-state index contributed by atoms with van der Waals surface area (Å²) in [5, 5.41) is 3.22. The van der Waals surface area contributed by atoms with Crippen LogP contribution in [0.3, 0.4) is 0 Å². The fourth-order valence-corrected chi connectivity index (χ4v) is 2.57. The molecule has 0 saturated heterocycles. The Hall–Kier alpha value is -2.11. The van der Waals surface area contributed by atoms with Crippen molar-refractivity contribution >= 4 is 40.7 Å². The average molecular weight is 383 g/mol. The Morgan fingerprint density at radius 3 is 2.44 bits per heavy atom. The monoisotopic (exact) mass is 382 g/mol. The van der Waals surface area contributed by atoms with Crippen LogP contribution >= 0.6 is 23.2 Å². The van der Waals surface area contributed by atoms with Crippen LogP contribution in [0.25, 0.3) is 0 Å². The molecule has 0 aliphatic carbocycles. The van der Waals surface area contributed by atoms with E-state index in [1.165, 1.54) is 24.0 Å². The lowest BCUT2D eigenvalue weighted by molar-refractivity contribution is -0.132. The van der Waals surface area contributed by atoms with E-state index < -0.39 is 0 Å². The molecular weight excluding hydrogens is 366 g/mol. The van der Waals surface area contributed by atoms with E-state index in [0.717, 1.165) is 5.56 Å². The molecule has 0 aromatic heterocycles. The quantitative estimate of drug-likeness (QED) is 0.814. The Morgan fingerprint density at radius 1 is 1.12 bits per heavy atom. The highest BCUT2D eigenvalue weighted by Crippen LogP contribution is 2.29. The van der Waals surface area contributed by atoms with E-state index in [-0.39, 0.29) is 29.2 Å². The number of carbonyl (C=O) groups excluding carboxylic acids is 2. The van der Waals surface area contributed by atoms with Crippen LogP contribution in [0.2, 0.25) is 10.0 Å². The van der Waals surface area contributed by atoms with E-state index in [0.29, 0.717) is 23.7 Å². The van der Waals surface area contributed by atoms with Crippen molar-refractivity contribution in [3.63, 3.8) is 0 Å². The second-order valence-corrected chi connectivity index (χ2v) is 6.25. The predicted octanol–water partition coefficient (Wildman–Crippen LogP) is 4.16. The van der Waals surface area contributed by atoms with Crippen LogP contribution < -0.4 is 5.32 Å². The van der Waals surface area contributed by atoms with Crippen molar-refractivity contribution in [2.75, 3.05) is 18.4 Å². The van der Waals surface area contributed by atoms with Gasteiger partial charge in [0.15, 0.2) is 0 Å². The van der Waals surface area contributed by atoms with Crippen molar-refractivity contribution in [3.8, 4) is 0 Å². The standard InChI is InChI=1S/C18H17Cl2FN2O2/c1-12(24)23(10-9-13-5-7-14(21)8-6-13)11-17(25)22-16-4-2-3-15(19)18(16)20/h2-8H,9-11H2,1H3,(H,22,25). The minimum atomic E-state index is -0.376. The molecule has 0 heterocycles. The van der Waals surface area contributed by atoms with E-state index >= 15 is 0 Å². The molecule has 0 spiro atoms. The molecule has 0 radical (unpaired) electrons. The molecule has 0 unspecified atom stereocenters. The maximum Gasteiger partial charge on any atom is 0.244 e. The molecule has 0 saturated carbocycles. The summed E-state index contributed by atoms with van der Waals surface area (Å²) in [6.07, 6.45) is 0.519. The number of benzene rings is 2. The van der Waals surface area contributed by atoms with Gasteiger partial charge in [-0.3, -0.25) is 9.59 Å². The topological polar surface area (TPSA) is 49.4 Å². The molecule has 0 aliphatic heterocycles. The molecular formula is C18H17Cl2FN2O2. The normalized spacial score (nSPS) is 10.4. The molecule has 2 amide bonds. The summed E-state index contributed by atoms with van der Waals surface area (Å²) in [5.41, 5.74) is 1.27. The van der Waals surface area contributed by atoms with E-state index in [4.69, 9.17) is 23.2 Å². The highest BCUT2D eigenvalue weighted by atomic mass is 35.5. The van der Waals surface area contributed by atoms with Crippen LogP contribution in [-0.2, 0) is 16.0 Å². The Bertz CT molecular complexity index is 766. The minimum Gasteiger partial charge on any atom is -0.333 e. The predicted molar refractivity (Wildman–Crippen MR) is 97.4 cm³/mol. The third-order valence-corrected chi connectivity index (χ3v) is 4.41. The summed E-state index contributed by atoms with van der Waals surface area (Å²) in [6.45, 7) is 1.63. The lowest BCUT2D eigenvalue weighted by Crippen LogP contribution is -2.38. The number of hydrogen-bond acceptors (Lipinski definition) is 2. The van der Waals surface area contributed by atoms with Gasteiger partial charge in [0.2, 0.25) is 11.8 Å². The molecule has 0 atom stereocenters. The van der Waals surface area contributed by atoms with Gasteiger partial charge in [0, 0.05) is 13.5 Å². The van der Waals surface area contributed by atoms with Crippen molar-refractivity contribution in [1.29, 1.82) is 0 Å². The molecule has 4 nitrogen and oxygen atoms in total. The number of carbonyl (C=O) groups is 2. The Kier molecular flexibility index (Phi) is 6.79. The number of nitrogens with one attached hydrogen (secondary N) is 1. The zero-order valence-electron chi connectivity index (χ0n) is 13.6. The summed E-state index contributed by atoms with van der Waals surface area (Å²) < 4.78 is 12.9. The molecule has 2 aromatic carbocycles. The zero-order chi connectivity index (χ0) is 18.4. The molecule has 0 aliphatic rings. The van der Waals surface area contributed by atoms with Crippen LogP contribution in [-0.4, -0.2) is 29.8 Å². The smallest absolute Gasteiger partial charge is 0.244 e. The Balaban J connectivity index is 1.96. The van der Waals surface area contributed by atoms with Gasteiger partial charge in [-0.15, -0.1) is 0 Å². The maximum atomic E-state index is 12.9. The molecule has 132 valence electrons. The van der Waals surface area contributed by atoms with E-state index in [1.54, 1.807) is 30.3 Å². The minimum absolute atomic E-state index is 0.112. The number of anilines is 1. The second-order valence-electron chi connectivity index (χ2n) is 5.47.